The number of benzene rings is 1. The lowest BCUT2D eigenvalue weighted by Crippen LogP contribution is -2.08. The van der Waals surface area contributed by atoms with Crippen LogP contribution < -0.4 is 0 Å². The predicted molar refractivity (Wildman–Crippen MR) is 63.0 cm³/mol. The Balaban J connectivity index is 2.70. The van der Waals surface area contributed by atoms with Crippen molar-refractivity contribution in [1.82, 2.24) is 0 Å². The van der Waals surface area contributed by atoms with Crippen LogP contribution in [0.4, 0.5) is 0 Å². The van der Waals surface area contributed by atoms with Gasteiger partial charge in [-0.25, -0.2) is 0 Å². The summed E-state index contributed by atoms with van der Waals surface area (Å²) in [6, 6.07) is 7.17. The van der Waals surface area contributed by atoms with E-state index in [2.05, 4.69) is 15.9 Å². The van der Waals surface area contributed by atoms with E-state index in [0.717, 1.165) is 10.9 Å². The smallest absolute Gasteiger partial charge is 0.171 e. The van der Waals surface area contributed by atoms with Gasteiger partial charge in [0.2, 0.25) is 0 Å². The van der Waals surface area contributed by atoms with Crippen LogP contribution in [0.15, 0.2) is 28.7 Å². The molecule has 0 heterocycles. The fourth-order valence-corrected chi connectivity index (χ4v) is 1.83. The Morgan fingerprint density at radius 2 is 1.93 bits per heavy atom. The molecule has 15 heavy (non-hydrogen) atoms. The molecule has 0 unspecified atom stereocenters. The van der Waals surface area contributed by atoms with E-state index in [9.17, 15) is 9.59 Å². The van der Waals surface area contributed by atoms with Gasteiger partial charge in [-0.2, -0.15) is 0 Å². The SMILES string of the molecule is CCCC(=O)CC(=O)c1ccccc1Br. The first kappa shape index (κ1) is 12.1. The average Bonchev–Trinajstić information content (AvgIpc) is 2.18. The summed E-state index contributed by atoms with van der Waals surface area (Å²) in [7, 11) is 0. The van der Waals surface area contributed by atoms with Crippen molar-refractivity contribution in [1.29, 1.82) is 0 Å². The Labute approximate surface area is 97.8 Å². The van der Waals surface area contributed by atoms with Gasteiger partial charge in [0.1, 0.15) is 5.78 Å². The largest absolute Gasteiger partial charge is 0.299 e. The van der Waals surface area contributed by atoms with E-state index < -0.39 is 0 Å². The van der Waals surface area contributed by atoms with Crippen molar-refractivity contribution in [3.05, 3.63) is 34.3 Å². The molecule has 0 aliphatic carbocycles. The molecule has 0 saturated heterocycles. The summed E-state index contributed by atoms with van der Waals surface area (Å²) in [5.74, 6) is -0.0980. The molecule has 0 N–H and O–H groups in total. The third-order valence-corrected chi connectivity index (χ3v) is 2.75. The number of carbonyl (C=O) groups is 2. The summed E-state index contributed by atoms with van der Waals surface area (Å²) in [4.78, 5) is 23.0. The normalized spacial score (nSPS) is 10.0. The first-order chi connectivity index (χ1) is 7.15. The van der Waals surface area contributed by atoms with Crippen molar-refractivity contribution in [3.63, 3.8) is 0 Å². The Bertz CT molecular complexity index is 372. The first-order valence-electron chi connectivity index (χ1n) is 4.94. The quantitative estimate of drug-likeness (QED) is 0.606. The number of carbonyl (C=O) groups excluding carboxylic acids is 2. The summed E-state index contributed by atoms with van der Waals surface area (Å²) in [6.07, 6.45) is 1.29. The minimum atomic E-state index is -0.110. The molecular weight excluding hydrogens is 256 g/mol. The monoisotopic (exact) mass is 268 g/mol. The molecule has 0 aliphatic heterocycles. The molecule has 0 amide bonds. The molecule has 2 nitrogen and oxygen atoms in total. The topological polar surface area (TPSA) is 34.1 Å². The van der Waals surface area contributed by atoms with Crippen LogP contribution in [-0.4, -0.2) is 11.6 Å². The minimum Gasteiger partial charge on any atom is -0.299 e. The van der Waals surface area contributed by atoms with Crippen molar-refractivity contribution in [2.24, 2.45) is 0 Å². The van der Waals surface area contributed by atoms with Gasteiger partial charge < -0.3 is 0 Å². The second kappa shape index (κ2) is 5.81. The van der Waals surface area contributed by atoms with Crippen LogP contribution in [0, 0.1) is 0 Å². The molecule has 0 atom stereocenters. The average molecular weight is 269 g/mol. The zero-order valence-electron chi connectivity index (χ0n) is 8.63. The van der Waals surface area contributed by atoms with Crippen molar-refractivity contribution in [2.75, 3.05) is 0 Å². The summed E-state index contributed by atoms with van der Waals surface area (Å²) >= 11 is 3.29. The van der Waals surface area contributed by atoms with E-state index >= 15 is 0 Å². The van der Waals surface area contributed by atoms with Crippen LogP contribution in [0.3, 0.4) is 0 Å². The summed E-state index contributed by atoms with van der Waals surface area (Å²) < 4.78 is 0.749. The van der Waals surface area contributed by atoms with Crippen molar-refractivity contribution in [3.8, 4) is 0 Å². The maximum absolute atomic E-state index is 11.7. The summed E-state index contributed by atoms with van der Waals surface area (Å²) in [6.45, 7) is 1.93. The van der Waals surface area contributed by atoms with Gasteiger partial charge in [0, 0.05) is 16.5 Å². The molecular formula is C12H13BrO2. The second-order valence-corrected chi connectivity index (χ2v) is 4.22. The van der Waals surface area contributed by atoms with E-state index in [4.69, 9.17) is 0 Å². The van der Waals surface area contributed by atoms with Crippen LogP contribution in [0.5, 0.6) is 0 Å². The van der Waals surface area contributed by atoms with E-state index in [0.29, 0.717) is 12.0 Å². The van der Waals surface area contributed by atoms with Gasteiger partial charge >= 0.3 is 0 Å². The highest BCUT2D eigenvalue weighted by atomic mass is 79.9. The highest BCUT2D eigenvalue weighted by Gasteiger charge is 2.13. The van der Waals surface area contributed by atoms with Crippen LogP contribution in [-0.2, 0) is 4.79 Å². The maximum atomic E-state index is 11.7. The minimum absolute atomic E-state index is 0.0104. The highest BCUT2D eigenvalue weighted by Crippen LogP contribution is 2.17. The molecule has 0 radical (unpaired) electrons. The lowest BCUT2D eigenvalue weighted by atomic mass is 10.0. The van der Waals surface area contributed by atoms with Crippen LogP contribution in [0.2, 0.25) is 0 Å². The standard InChI is InChI=1S/C12H13BrO2/c1-2-5-9(14)8-12(15)10-6-3-4-7-11(10)13/h3-4,6-7H,2,5,8H2,1H3. The maximum Gasteiger partial charge on any atom is 0.171 e. The molecule has 0 spiro atoms. The fraction of sp³-hybridized carbons (Fsp3) is 0.333. The van der Waals surface area contributed by atoms with E-state index in [1.54, 1.807) is 18.2 Å². The van der Waals surface area contributed by atoms with Crippen LogP contribution in [0.25, 0.3) is 0 Å². The molecule has 1 aromatic rings. The number of hydrogen-bond donors (Lipinski definition) is 0. The Hall–Kier alpha value is -0.960. The molecule has 0 fully saturated rings. The molecule has 3 heteroatoms. The Morgan fingerprint density at radius 3 is 2.53 bits per heavy atom. The summed E-state index contributed by atoms with van der Waals surface area (Å²) in [5, 5.41) is 0. The third-order valence-electron chi connectivity index (χ3n) is 2.06. The number of hydrogen-bond acceptors (Lipinski definition) is 2. The molecule has 0 aliphatic rings. The van der Waals surface area contributed by atoms with Crippen molar-refractivity contribution in [2.45, 2.75) is 26.2 Å². The van der Waals surface area contributed by atoms with Gasteiger partial charge in [0.05, 0.1) is 6.42 Å². The molecule has 0 aromatic heterocycles. The lowest BCUT2D eigenvalue weighted by molar-refractivity contribution is -0.118. The van der Waals surface area contributed by atoms with Gasteiger partial charge in [-0.15, -0.1) is 0 Å². The van der Waals surface area contributed by atoms with Crippen molar-refractivity contribution >= 4 is 27.5 Å². The number of rotatable bonds is 5. The lowest BCUT2D eigenvalue weighted by Gasteiger charge is -2.02. The van der Waals surface area contributed by atoms with Gasteiger partial charge in [0.15, 0.2) is 5.78 Å². The first-order valence-corrected chi connectivity index (χ1v) is 5.74. The number of Topliss-reactive ketones (excluding diaryl/α,β-unsaturated/α-hetero) is 2. The van der Waals surface area contributed by atoms with E-state index in [-0.39, 0.29) is 18.0 Å². The molecule has 0 saturated carbocycles. The molecule has 1 rings (SSSR count). The van der Waals surface area contributed by atoms with Gasteiger partial charge in [-0.3, -0.25) is 9.59 Å². The zero-order chi connectivity index (χ0) is 11.3. The summed E-state index contributed by atoms with van der Waals surface area (Å²) in [5.41, 5.74) is 0.585. The van der Waals surface area contributed by atoms with Gasteiger partial charge in [0.25, 0.3) is 0 Å². The zero-order valence-corrected chi connectivity index (χ0v) is 10.2. The second-order valence-electron chi connectivity index (χ2n) is 3.37. The van der Waals surface area contributed by atoms with Gasteiger partial charge in [-0.05, 0) is 12.5 Å². The third kappa shape index (κ3) is 3.59. The molecule has 80 valence electrons. The fourth-order valence-electron chi connectivity index (χ4n) is 1.33. The molecule has 1 aromatic carbocycles. The van der Waals surface area contributed by atoms with Crippen molar-refractivity contribution < 1.29 is 9.59 Å². The number of ketones is 2. The molecule has 0 bridgehead atoms. The van der Waals surface area contributed by atoms with Crippen LogP contribution in [0.1, 0.15) is 36.5 Å². The van der Waals surface area contributed by atoms with E-state index in [1.807, 2.05) is 13.0 Å². The van der Waals surface area contributed by atoms with E-state index in [1.165, 1.54) is 0 Å². The van der Waals surface area contributed by atoms with Crippen LogP contribution >= 0.6 is 15.9 Å². The van der Waals surface area contributed by atoms with Gasteiger partial charge in [-0.1, -0.05) is 41.1 Å². The Kier molecular flexibility index (Phi) is 4.69. The number of halogens is 1. The highest BCUT2D eigenvalue weighted by molar-refractivity contribution is 9.10. The Morgan fingerprint density at radius 1 is 1.27 bits per heavy atom. The predicted octanol–water partition coefficient (Wildman–Crippen LogP) is 3.39.